The van der Waals surface area contributed by atoms with E-state index in [4.69, 9.17) is 10.2 Å². The van der Waals surface area contributed by atoms with Crippen LogP contribution in [0.15, 0.2) is 59.3 Å². The first kappa shape index (κ1) is 11.7. The zero-order valence-electron chi connectivity index (χ0n) is 11.1. The third kappa shape index (κ3) is 2.04. The van der Waals surface area contributed by atoms with E-state index in [1.807, 2.05) is 36.5 Å². The second-order valence-corrected chi connectivity index (χ2v) is 4.77. The largest absolute Gasteiger partial charge is 0.423 e. The van der Waals surface area contributed by atoms with Crippen LogP contribution in [0.2, 0.25) is 0 Å². The molecule has 0 unspecified atom stereocenters. The maximum Gasteiger partial charge on any atom is 0.300 e. The van der Waals surface area contributed by atoms with E-state index in [1.54, 1.807) is 18.3 Å². The van der Waals surface area contributed by atoms with Crippen molar-refractivity contribution in [3.05, 3.63) is 54.9 Å². The number of nitrogen functional groups attached to an aromatic ring is 1. The molecule has 2 aromatic heterocycles. The first-order chi connectivity index (χ1) is 10.3. The van der Waals surface area contributed by atoms with E-state index in [2.05, 4.69) is 15.3 Å². The highest BCUT2D eigenvalue weighted by Gasteiger charge is 2.08. The third-order valence-electron chi connectivity index (χ3n) is 3.33. The molecule has 0 spiro atoms. The number of rotatable bonds is 2. The lowest BCUT2D eigenvalue weighted by Gasteiger charge is -2.05. The van der Waals surface area contributed by atoms with Crippen LogP contribution in [0.25, 0.3) is 21.9 Å². The van der Waals surface area contributed by atoms with Crippen LogP contribution in [0.5, 0.6) is 0 Å². The fraction of sp³-hybridized carbons (Fsp3) is 0. The van der Waals surface area contributed by atoms with Crippen molar-refractivity contribution in [1.29, 1.82) is 0 Å². The summed E-state index contributed by atoms with van der Waals surface area (Å²) in [6, 6.07) is 13.8. The molecule has 2 heterocycles. The fourth-order valence-corrected chi connectivity index (χ4v) is 2.34. The Morgan fingerprint density at radius 3 is 3.00 bits per heavy atom. The Labute approximate surface area is 120 Å². The summed E-state index contributed by atoms with van der Waals surface area (Å²) >= 11 is 0. The Morgan fingerprint density at radius 2 is 2.05 bits per heavy atom. The van der Waals surface area contributed by atoms with Gasteiger partial charge in [-0.15, -0.1) is 0 Å². The normalized spacial score (nSPS) is 11.0. The average Bonchev–Trinajstić information content (AvgIpc) is 2.89. The van der Waals surface area contributed by atoms with Gasteiger partial charge in [0.2, 0.25) is 0 Å². The summed E-state index contributed by atoms with van der Waals surface area (Å²) < 4.78 is 5.68. The number of nitrogens with two attached hydrogens (primary N) is 1. The number of fused-ring (bicyclic) bond motifs is 2. The number of nitrogens with zero attached hydrogens (tertiary/aromatic N) is 2. The van der Waals surface area contributed by atoms with Crippen LogP contribution < -0.4 is 11.1 Å². The molecule has 0 radical (unpaired) electrons. The summed E-state index contributed by atoms with van der Waals surface area (Å²) in [4.78, 5) is 8.53. The Hall–Kier alpha value is -3.08. The molecule has 0 saturated carbocycles. The van der Waals surface area contributed by atoms with Crippen molar-refractivity contribution in [3.8, 4) is 0 Å². The quantitative estimate of drug-likeness (QED) is 0.546. The topological polar surface area (TPSA) is 77.0 Å². The van der Waals surface area contributed by atoms with Crippen molar-refractivity contribution in [1.82, 2.24) is 9.97 Å². The summed E-state index contributed by atoms with van der Waals surface area (Å²) in [5.74, 6) is 0. The van der Waals surface area contributed by atoms with Gasteiger partial charge in [0.05, 0.1) is 5.69 Å². The van der Waals surface area contributed by atoms with Gasteiger partial charge in [-0.1, -0.05) is 12.1 Å². The van der Waals surface area contributed by atoms with E-state index in [1.165, 1.54) is 0 Å². The van der Waals surface area contributed by atoms with Crippen molar-refractivity contribution in [2.24, 2.45) is 0 Å². The highest BCUT2D eigenvalue weighted by Crippen LogP contribution is 2.27. The number of aromatic nitrogens is 2. The van der Waals surface area contributed by atoms with Crippen LogP contribution in [0, 0.1) is 0 Å². The van der Waals surface area contributed by atoms with Gasteiger partial charge in [-0.3, -0.25) is 4.98 Å². The first-order valence-electron chi connectivity index (χ1n) is 6.55. The summed E-state index contributed by atoms with van der Waals surface area (Å²) in [6.07, 6.45) is 3.59. The van der Waals surface area contributed by atoms with Crippen LogP contribution in [0.4, 0.5) is 17.4 Å². The lowest BCUT2D eigenvalue weighted by molar-refractivity contribution is 0.623. The molecule has 0 amide bonds. The van der Waals surface area contributed by atoms with Crippen LogP contribution in [0.1, 0.15) is 0 Å². The fourth-order valence-electron chi connectivity index (χ4n) is 2.34. The molecule has 3 N–H and O–H groups in total. The van der Waals surface area contributed by atoms with E-state index < -0.39 is 0 Å². The SMILES string of the molecule is Nc1ccc2nc(Nc3cccc4cnccc34)oc2c1. The highest BCUT2D eigenvalue weighted by atomic mass is 16.4. The molecule has 0 atom stereocenters. The lowest BCUT2D eigenvalue weighted by Crippen LogP contribution is -1.91. The molecule has 5 nitrogen and oxygen atoms in total. The number of pyridine rings is 1. The van der Waals surface area contributed by atoms with Crippen molar-refractivity contribution in [2.75, 3.05) is 11.1 Å². The molecule has 102 valence electrons. The van der Waals surface area contributed by atoms with Crippen molar-refractivity contribution < 1.29 is 4.42 Å². The molecule has 4 aromatic rings. The minimum Gasteiger partial charge on any atom is -0.423 e. The molecule has 0 aliphatic carbocycles. The molecule has 0 fully saturated rings. The van der Waals surface area contributed by atoms with Gasteiger partial charge in [0.15, 0.2) is 5.58 Å². The maximum atomic E-state index is 5.74. The Morgan fingerprint density at radius 1 is 1.10 bits per heavy atom. The maximum absolute atomic E-state index is 5.74. The Balaban J connectivity index is 1.79. The molecule has 21 heavy (non-hydrogen) atoms. The van der Waals surface area contributed by atoms with E-state index >= 15 is 0 Å². The van der Waals surface area contributed by atoms with Crippen LogP contribution in [-0.2, 0) is 0 Å². The van der Waals surface area contributed by atoms with Gasteiger partial charge < -0.3 is 15.5 Å². The highest BCUT2D eigenvalue weighted by molar-refractivity contribution is 5.94. The molecule has 0 saturated heterocycles. The molecule has 0 aliphatic heterocycles. The van der Waals surface area contributed by atoms with Crippen LogP contribution >= 0.6 is 0 Å². The van der Waals surface area contributed by atoms with Gasteiger partial charge in [-0.05, 0) is 24.3 Å². The van der Waals surface area contributed by atoms with E-state index in [-0.39, 0.29) is 0 Å². The second kappa shape index (κ2) is 4.49. The van der Waals surface area contributed by atoms with E-state index in [0.29, 0.717) is 17.3 Å². The van der Waals surface area contributed by atoms with Crippen LogP contribution in [-0.4, -0.2) is 9.97 Å². The minimum absolute atomic E-state index is 0.444. The summed E-state index contributed by atoms with van der Waals surface area (Å²) in [6.45, 7) is 0. The smallest absolute Gasteiger partial charge is 0.300 e. The molecule has 0 aliphatic rings. The molecule has 2 aromatic carbocycles. The van der Waals surface area contributed by atoms with Crippen LogP contribution in [0.3, 0.4) is 0 Å². The zero-order chi connectivity index (χ0) is 14.2. The van der Waals surface area contributed by atoms with E-state index in [9.17, 15) is 0 Å². The van der Waals surface area contributed by atoms with Crippen molar-refractivity contribution >= 4 is 39.3 Å². The number of hydrogen-bond acceptors (Lipinski definition) is 5. The molecule has 4 rings (SSSR count). The Bertz CT molecular complexity index is 940. The van der Waals surface area contributed by atoms with Gasteiger partial charge in [0, 0.05) is 34.9 Å². The molecular formula is C16H12N4O. The van der Waals surface area contributed by atoms with Gasteiger partial charge >= 0.3 is 0 Å². The van der Waals surface area contributed by atoms with Crippen molar-refractivity contribution in [3.63, 3.8) is 0 Å². The minimum atomic E-state index is 0.444. The summed E-state index contributed by atoms with van der Waals surface area (Å²) in [5.41, 5.74) is 8.76. The number of anilines is 3. The first-order valence-corrected chi connectivity index (χ1v) is 6.55. The predicted octanol–water partition coefficient (Wildman–Crippen LogP) is 3.70. The van der Waals surface area contributed by atoms with Gasteiger partial charge in [0.25, 0.3) is 6.01 Å². The monoisotopic (exact) mass is 276 g/mol. The molecule has 5 heteroatoms. The van der Waals surface area contributed by atoms with Gasteiger partial charge in [-0.2, -0.15) is 4.98 Å². The summed E-state index contributed by atoms with van der Waals surface area (Å²) in [7, 11) is 0. The van der Waals surface area contributed by atoms with Gasteiger partial charge in [-0.25, -0.2) is 0 Å². The summed E-state index contributed by atoms with van der Waals surface area (Å²) in [5, 5.41) is 5.33. The third-order valence-corrected chi connectivity index (χ3v) is 3.33. The van der Waals surface area contributed by atoms with E-state index in [0.717, 1.165) is 22.0 Å². The number of benzene rings is 2. The number of oxazole rings is 1. The molecular weight excluding hydrogens is 264 g/mol. The zero-order valence-corrected chi connectivity index (χ0v) is 11.1. The predicted molar refractivity (Wildman–Crippen MR) is 83.4 cm³/mol. The molecule has 0 bridgehead atoms. The Kier molecular flexibility index (Phi) is 2.50. The number of nitrogens with one attached hydrogen (secondary N) is 1. The number of hydrogen-bond donors (Lipinski definition) is 2. The standard InChI is InChI=1S/C16H12N4O/c17-11-4-5-14-15(8-11)21-16(20-14)19-13-3-1-2-10-9-18-7-6-12(10)13/h1-9H,17H2,(H,19,20). The van der Waals surface area contributed by atoms with Crippen molar-refractivity contribution in [2.45, 2.75) is 0 Å². The second-order valence-electron chi connectivity index (χ2n) is 4.77. The van der Waals surface area contributed by atoms with Gasteiger partial charge in [0.1, 0.15) is 5.52 Å². The average molecular weight is 276 g/mol. The lowest BCUT2D eigenvalue weighted by atomic mass is 10.1.